The van der Waals surface area contributed by atoms with E-state index in [0.717, 1.165) is 32.0 Å². The molecule has 0 aliphatic carbocycles. The lowest BCUT2D eigenvalue weighted by Gasteiger charge is -2.32. The number of halogens is 2. The van der Waals surface area contributed by atoms with E-state index in [4.69, 9.17) is 0 Å². The average molecular weight is 291 g/mol. The van der Waals surface area contributed by atoms with Gasteiger partial charge in [0.05, 0.1) is 17.3 Å². The van der Waals surface area contributed by atoms with E-state index in [1.165, 1.54) is 6.07 Å². The van der Waals surface area contributed by atoms with E-state index in [9.17, 15) is 8.78 Å². The number of rotatable bonds is 2. The second-order valence-corrected chi connectivity index (χ2v) is 5.73. The number of nitrogens with one attached hydrogen (secondary N) is 1. The molecule has 1 aromatic carbocycles. The summed E-state index contributed by atoms with van der Waals surface area (Å²) in [5, 5.41) is 3.89. The third kappa shape index (κ3) is 2.52. The molecule has 21 heavy (non-hydrogen) atoms. The van der Waals surface area contributed by atoms with Crippen molar-refractivity contribution >= 4 is 22.3 Å². The van der Waals surface area contributed by atoms with Gasteiger partial charge in [-0.15, -0.1) is 0 Å². The van der Waals surface area contributed by atoms with Crippen LogP contribution < -0.4 is 10.2 Å². The molecule has 0 radical (unpaired) electrons. The van der Waals surface area contributed by atoms with Gasteiger partial charge in [0.2, 0.25) is 0 Å². The van der Waals surface area contributed by atoms with Gasteiger partial charge in [-0.2, -0.15) is 0 Å². The van der Waals surface area contributed by atoms with Crippen LogP contribution in [0.3, 0.4) is 0 Å². The average Bonchev–Trinajstić information content (AvgIpc) is 2.47. The van der Waals surface area contributed by atoms with Crippen LogP contribution in [-0.2, 0) is 0 Å². The first-order chi connectivity index (χ1) is 10.1. The van der Waals surface area contributed by atoms with Crippen molar-refractivity contribution in [3.05, 3.63) is 30.0 Å². The summed E-state index contributed by atoms with van der Waals surface area (Å²) in [6, 6.07) is 2.29. The largest absolute Gasteiger partial charge is 0.386 e. The molecule has 1 N–H and O–H groups in total. The van der Waals surface area contributed by atoms with Crippen LogP contribution in [0.5, 0.6) is 0 Å². The van der Waals surface area contributed by atoms with E-state index in [0.29, 0.717) is 28.2 Å². The van der Waals surface area contributed by atoms with Gasteiger partial charge in [-0.3, -0.25) is 0 Å². The van der Waals surface area contributed by atoms with Crippen LogP contribution in [0.1, 0.15) is 19.8 Å². The number of anilines is 2. The molecule has 0 spiro atoms. The Bertz CT molecular complexity index is 664. The Morgan fingerprint density at radius 1 is 1.24 bits per heavy atom. The van der Waals surface area contributed by atoms with Gasteiger partial charge in [0.1, 0.15) is 17.5 Å². The summed E-state index contributed by atoms with van der Waals surface area (Å²) in [5.41, 5.74) is 0.637. The number of nitrogens with zero attached hydrogens (tertiary/aromatic N) is 2. The standard InChI is InChI=1S/C16H19F2N3/c1-10-3-5-21(6-4-10)16-15-12(14(19-2)9-20-16)7-11(17)8-13(15)18/h7-10,19H,3-6H2,1-2H3. The van der Waals surface area contributed by atoms with Crippen LogP contribution in [0.4, 0.5) is 20.3 Å². The molecule has 112 valence electrons. The highest BCUT2D eigenvalue weighted by Crippen LogP contribution is 2.34. The second kappa shape index (κ2) is 5.47. The van der Waals surface area contributed by atoms with Crippen molar-refractivity contribution in [2.24, 2.45) is 5.92 Å². The first kappa shape index (κ1) is 14.0. The van der Waals surface area contributed by atoms with Crippen molar-refractivity contribution in [2.45, 2.75) is 19.8 Å². The Hall–Kier alpha value is -1.91. The summed E-state index contributed by atoms with van der Waals surface area (Å²) in [5.74, 6) is 0.184. The van der Waals surface area contributed by atoms with Gasteiger partial charge in [-0.05, 0) is 24.8 Å². The zero-order valence-corrected chi connectivity index (χ0v) is 12.3. The number of piperidine rings is 1. The summed E-state index contributed by atoms with van der Waals surface area (Å²) in [4.78, 5) is 6.52. The fourth-order valence-corrected chi connectivity index (χ4v) is 2.93. The van der Waals surface area contributed by atoms with E-state index in [1.54, 1.807) is 13.2 Å². The molecule has 3 rings (SSSR count). The molecule has 1 saturated heterocycles. The monoisotopic (exact) mass is 291 g/mol. The summed E-state index contributed by atoms with van der Waals surface area (Å²) < 4.78 is 27.9. The molecule has 5 heteroatoms. The topological polar surface area (TPSA) is 28.2 Å². The molecule has 2 heterocycles. The Morgan fingerprint density at radius 3 is 2.62 bits per heavy atom. The summed E-state index contributed by atoms with van der Waals surface area (Å²) in [6.45, 7) is 3.95. The molecule has 1 aliphatic rings. The maximum absolute atomic E-state index is 14.3. The zero-order chi connectivity index (χ0) is 15.0. The number of hydrogen-bond acceptors (Lipinski definition) is 3. The van der Waals surface area contributed by atoms with Crippen molar-refractivity contribution < 1.29 is 8.78 Å². The number of fused-ring (bicyclic) bond motifs is 1. The van der Waals surface area contributed by atoms with E-state index >= 15 is 0 Å². The summed E-state index contributed by atoms with van der Waals surface area (Å²) in [7, 11) is 1.72. The van der Waals surface area contributed by atoms with Gasteiger partial charge in [0.15, 0.2) is 0 Å². The first-order valence-electron chi connectivity index (χ1n) is 7.30. The highest BCUT2D eigenvalue weighted by Gasteiger charge is 2.21. The van der Waals surface area contributed by atoms with Gasteiger partial charge in [0.25, 0.3) is 0 Å². The second-order valence-electron chi connectivity index (χ2n) is 5.73. The molecule has 3 nitrogen and oxygen atoms in total. The van der Waals surface area contributed by atoms with Crippen LogP contribution in [0.2, 0.25) is 0 Å². The number of aromatic nitrogens is 1. The highest BCUT2D eigenvalue weighted by molar-refractivity contribution is 6.00. The van der Waals surface area contributed by atoms with Crippen LogP contribution in [-0.4, -0.2) is 25.1 Å². The molecule has 1 aliphatic heterocycles. The van der Waals surface area contributed by atoms with Crippen LogP contribution in [0.25, 0.3) is 10.8 Å². The molecular weight excluding hydrogens is 272 g/mol. The SMILES string of the molecule is CNc1cnc(N2CCC(C)CC2)c2c(F)cc(F)cc12. The highest BCUT2D eigenvalue weighted by atomic mass is 19.1. The van der Waals surface area contributed by atoms with E-state index < -0.39 is 11.6 Å². The molecule has 1 fully saturated rings. The zero-order valence-electron chi connectivity index (χ0n) is 12.3. The Balaban J connectivity index is 2.15. The van der Waals surface area contributed by atoms with Crippen LogP contribution in [0.15, 0.2) is 18.3 Å². The summed E-state index contributed by atoms with van der Waals surface area (Å²) in [6.07, 6.45) is 3.79. The lowest BCUT2D eigenvalue weighted by atomic mass is 9.98. The van der Waals surface area contributed by atoms with E-state index in [2.05, 4.69) is 22.1 Å². The van der Waals surface area contributed by atoms with Gasteiger partial charge in [0, 0.05) is 31.6 Å². The normalized spacial score (nSPS) is 16.5. The molecular formula is C16H19F2N3. The number of hydrogen-bond donors (Lipinski definition) is 1. The lowest BCUT2D eigenvalue weighted by Crippen LogP contribution is -2.33. The van der Waals surface area contributed by atoms with Crippen molar-refractivity contribution in [1.29, 1.82) is 0 Å². The van der Waals surface area contributed by atoms with Gasteiger partial charge < -0.3 is 10.2 Å². The Labute approximate surface area is 123 Å². The van der Waals surface area contributed by atoms with E-state index in [1.807, 2.05) is 0 Å². The van der Waals surface area contributed by atoms with E-state index in [-0.39, 0.29) is 0 Å². The minimum absolute atomic E-state index is 0.401. The van der Waals surface area contributed by atoms with Gasteiger partial charge in [-0.25, -0.2) is 13.8 Å². The van der Waals surface area contributed by atoms with Gasteiger partial charge in [-0.1, -0.05) is 6.92 Å². The fraction of sp³-hybridized carbons (Fsp3) is 0.438. The molecule has 1 aromatic heterocycles. The minimum atomic E-state index is -0.569. The number of benzene rings is 1. The Kier molecular flexibility index (Phi) is 3.66. The number of pyridine rings is 1. The quantitative estimate of drug-likeness (QED) is 0.912. The lowest BCUT2D eigenvalue weighted by molar-refractivity contribution is 0.437. The van der Waals surface area contributed by atoms with Crippen LogP contribution in [0, 0.1) is 17.6 Å². The van der Waals surface area contributed by atoms with Crippen molar-refractivity contribution in [2.75, 3.05) is 30.4 Å². The molecule has 0 amide bonds. The van der Waals surface area contributed by atoms with Crippen LogP contribution >= 0.6 is 0 Å². The van der Waals surface area contributed by atoms with Crippen molar-refractivity contribution in [1.82, 2.24) is 4.98 Å². The fourth-order valence-electron chi connectivity index (χ4n) is 2.93. The van der Waals surface area contributed by atoms with Gasteiger partial charge >= 0.3 is 0 Å². The molecule has 0 saturated carbocycles. The minimum Gasteiger partial charge on any atom is -0.386 e. The summed E-state index contributed by atoms with van der Waals surface area (Å²) >= 11 is 0. The molecule has 0 bridgehead atoms. The third-order valence-corrected chi connectivity index (χ3v) is 4.24. The maximum atomic E-state index is 14.3. The third-order valence-electron chi connectivity index (χ3n) is 4.24. The molecule has 0 atom stereocenters. The molecule has 0 unspecified atom stereocenters. The first-order valence-corrected chi connectivity index (χ1v) is 7.30. The molecule has 2 aromatic rings. The Morgan fingerprint density at radius 2 is 1.95 bits per heavy atom. The predicted molar refractivity (Wildman–Crippen MR) is 81.8 cm³/mol. The smallest absolute Gasteiger partial charge is 0.139 e. The van der Waals surface area contributed by atoms with Crippen molar-refractivity contribution in [3.8, 4) is 0 Å². The maximum Gasteiger partial charge on any atom is 0.139 e. The van der Waals surface area contributed by atoms with Crippen molar-refractivity contribution in [3.63, 3.8) is 0 Å². The predicted octanol–water partition coefficient (Wildman–Crippen LogP) is 3.79.